The maximum atomic E-state index is 13.5. The lowest BCUT2D eigenvalue weighted by Gasteiger charge is -2.18. The van der Waals surface area contributed by atoms with E-state index in [1.54, 1.807) is 15.9 Å². The van der Waals surface area contributed by atoms with Crippen molar-refractivity contribution in [1.82, 2.24) is 9.55 Å². The van der Waals surface area contributed by atoms with Crippen LogP contribution in [0.25, 0.3) is 10.2 Å². The van der Waals surface area contributed by atoms with Crippen LogP contribution in [0.15, 0.2) is 35.1 Å². The van der Waals surface area contributed by atoms with Gasteiger partial charge in [-0.2, -0.15) is 0 Å². The van der Waals surface area contributed by atoms with Crippen LogP contribution in [0.3, 0.4) is 0 Å². The molecule has 0 spiro atoms. The monoisotopic (exact) mass is 410 g/mol. The molecule has 152 valence electrons. The zero-order valence-electron chi connectivity index (χ0n) is 16.9. The van der Waals surface area contributed by atoms with Gasteiger partial charge in [0.2, 0.25) is 0 Å². The number of nitrogens with zero attached hydrogens (tertiary/aromatic N) is 2. The maximum absolute atomic E-state index is 13.5. The number of ether oxygens (including phenoxy) is 1. The van der Waals surface area contributed by atoms with Gasteiger partial charge in [0, 0.05) is 24.3 Å². The number of fused-ring (bicyclic) bond motifs is 3. The molecule has 1 aliphatic rings. The van der Waals surface area contributed by atoms with Crippen molar-refractivity contribution in [2.45, 2.75) is 52.0 Å². The van der Waals surface area contributed by atoms with Gasteiger partial charge >= 0.3 is 5.97 Å². The van der Waals surface area contributed by atoms with Crippen molar-refractivity contribution < 1.29 is 9.53 Å². The maximum Gasteiger partial charge on any atom is 0.305 e. The molecule has 2 heterocycles. The zero-order valence-corrected chi connectivity index (χ0v) is 17.8. The van der Waals surface area contributed by atoms with Crippen molar-refractivity contribution >= 4 is 27.5 Å². The summed E-state index contributed by atoms with van der Waals surface area (Å²) in [6.45, 7) is 2.74. The first-order chi connectivity index (χ1) is 14.1. The van der Waals surface area contributed by atoms with Crippen molar-refractivity contribution in [2.24, 2.45) is 5.92 Å². The van der Waals surface area contributed by atoms with E-state index in [0.29, 0.717) is 31.7 Å². The Balaban J connectivity index is 1.77. The predicted octanol–water partition coefficient (Wildman–Crippen LogP) is 4.13. The third kappa shape index (κ3) is 4.13. The standard InChI is InChI=1S/C23H26N2O3S/c1-15-10-11-17-18(13-15)29-22-21(17)23(27)25(12-6-9-20(26)28-2)19(24-22)14-16-7-4-3-5-8-16/h3-5,7-8,15H,6,9-14H2,1-2H3. The van der Waals surface area contributed by atoms with Gasteiger partial charge < -0.3 is 4.74 Å². The largest absolute Gasteiger partial charge is 0.469 e. The number of methoxy groups -OCH3 is 1. The molecule has 1 aromatic carbocycles. The summed E-state index contributed by atoms with van der Waals surface area (Å²) in [7, 11) is 1.39. The minimum Gasteiger partial charge on any atom is -0.469 e. The molecule has 1 unspecified atom stereocenters. The molecule has 29 heavy (non-hydrogen) atoms. The van der Waals surface area contributed by atoms with Crippen LogP contribution in [0.1, 0.15) is 48.0 Å². The second-order valence-corrected chi connectivity index (χ2v) is 8.94. The summed E-state index contributed by atoms with van der Waals surface area (Å²) in [6.07, 6.45) is 4.56. The van der Waals surface area contributed by atoms with Crippen molar-refractivity contribution in [3.05, 3.63) is 62.5 Å². The van der Waals surface area contributed by atoms with Crippen LogP contribution in [0.2, 0.25) is 0 Å². The van der Waals surface area contributed by atoms with Gasteiger partial charge in [0.25, 0.3) is 5.56 Å². The second-order valence-electron chi connectivity index (χ2n) is 7.86. The van der Waals surface area contributed by atoms with Gasteiger partial charge in [-0.25, -0.2) is 4.98 Å². The number of hydrogen-bond donors (Lipinski definition) is 0. The molecule has 0 fully saturated rings. The molecule has 2 aromatic heterocycles. The third-order valence-electron chi connectivity index (χ3n) is 5.69. The van der Waals surface area contributed by atoms with Crippen molar-refractivity contribution in [2.75, 3.05) is 7.11 Å². The summed E-state index contributed by atoms with van der Waals surface area (Å²) in [4.78, 5) is 32.2. The Kier molecular flexibility index (Phi) is 5.81. The first-order valence-corrected chi connectivity index (χ1v) is 11.0. The van der Waals surface area contributed by atoms with Crippen LogP contribution < -0.4 is 5.56 Å². The van der Waals surface area contributed by atoms with E-state index in [9.17, 15) is 9.59 Å². The number of thiophene rings is 1. The van der Waals surface area contributed by atoms with E-state index in [1.165, 1.54) is 17.6 Å². The quantitative estimate of drug-likeness (QED) is 0.574. The molecular formula is C23H26N2O3S. The van der Waals surface area contributed by atoms with E-state index in [0.717, 1.165) is 40.9 Å². The Morgan fingerprint density at radius 3 is 2.86 bits per heavy atom. The Labute approximate surface area is 174 Å². The minimum atomic E-state index is -0.251. The van der Waals surface area contributed by atoms with Crippen LogP contribution in [-0.2, 0) is 35.3 Å². The second kappa shape index (κ2) is 8.49. The van der Waals surface area contributed by atoms with Gasteiger partial charge in [-0.05, 0) is 42.7 Å². The molecule has 1 aliphatic carbocycles. The van der Waals surface area contributed by atoms with E-state index in [4.69, 9.17) is 9.72 Å². The Morgan fingerprint density at radius 1 is 1.31 bits per heavy atom. The molecular weight excluding hydrogens is 384 g/mol. The third-order valence-corrected chi connectivity index (χ3v) is 6.84. The van der Waals surface area contributed by atoms with Gasteiger partial charge in [0.05, 0.1) is 12.5 Å². The molecule has 0 amide bonds. The van der Waals surface area contributed by atoms with E-state index >= 15 is 0 Å². The molecule has 3 aromatic rings. The molecule has 0 saturated carbocycles. The molecule has 0 aliphatic heterocycles. The molecule has 4 rings (SSSR count). The summed E-state index contributed by atoms with van der Waals surface area (Å²) in [5.74, 6) is 1.17. The van der Waals surface area contributed by atoms with E-state index in [1.807, 2.05) is 18.2 Å². The number of aryl methyl sites for hydroxylation is 1. The number of rotatable bonds is 6. The Bertz CT molecular complexity index is 1080. The summed E-state index contributed by atoms with van der Waals surface area (Å²) in [5.41, 5.74) is 2.36. The van der Waals surface area contributed by atoms with Crippen LogP contribution in [0, 0.1) is 5.92 Å². The van der Waals surface area contributed by atoms with Gasteiger partial charge in [-0.15, -0.1) is 11.3 Å². The molecule has 0 saturated heterocycles. The van der Waals surface area contributed by atoms with Crippen LogP contribution >= 0.6 is 11.3 Å². The van der Waals surface area contributed by atoms with E-state index in [2.05, 4.69) is 19.1 Å². The first-order valence-electron chi connectivity index (χ1n) is 10.2. The average molecular weight is 411 g/mol. The Hall–Kier alpha value is -2.47. The lowest BCUT2D eigenvalue weighted by Crippen LogP contribution is -2.26. The molecule has 6 heteroatoms. The van der Waals surface area contributed by atoms with Crippen molar-refractivity contribution in [3.8, 4) is 0 Å². The van der Waals surface area contributed by atoms with Gasteiger partial charge in [-0.1, -0.05) is 37.3 Å². The lowest BCUT2D eigenvalue weighted by atomic mass is 9.89. The molecule has 0 radical (unpaired) electrons. The molecule has 5 nitrogen and oxygen atoms in total. The molecule has 0 bridgehead atoms. The fourth-order valence-electron chi connectivity index (χ4n) is 4.09. The SMILES string of the molecule is COC(=O)CCCn1c(Cc2ccccc2)nc2sc3c(c2c1=O)CCC(C)C3. The highest BCUT2D eigenvalue weighted by molar-refractivity contribution is 7.18. The lowest BCUT2D eigenvalue weighted by molar-refractivity contribution is -0.140. The van der Waals surface area contributed by atoms with E-state index < -0.39 is 0 Å². The van der Waals surface area contributed by atoms with Crippen LogP contribution in [0.4, 0.5) is 0 Å². The highest BCUT2D eigenvalue weighted by atomic mass is 32.1. The fourth-order valence-corrected chi connectivity index (χ4v) is 5.49. The topological polar surface area (TPSA) is 61.2 Å². The number of aromatic nitrogens is 2. The van der Waals surface area contributed by atoms with Crippen LogP contribution in [0.5, 0.6) is 0 Å². The number of carbonyl (C=O) groups excluding carboxylic acids is 1. The van der Waals surface area contributed by atoms with Crippen molar-refractivity contribution in [1.29, 1.82) is 0 Å². The smallest absolute Gasteiger partial charge is 0.305 e. The highest BCUT2D eigenvalue weighted by Crippen LogP contribution is 2.36. The number of carbonyl (C=O) groups is 1. The van der Waals surface area contributed by atoms with Gasteiger partial charge in [-0.3, -0.25) is 14.2 Å². The summed E-state index contributed by atoms with van der Waals surface area (Å²) >= 11 is 1.68. The van der Waals surface area contributed by atoms with E-state index in [-0.39, 0.29) is 11.5 Å². The summed E-state index contributed by atoms with van der Waals surface area (Å²) < 4.78 is 6.53. The Morgan fingerprint density at radius 2 is 2.10 bits per heavy atom. The van der Waals surface area contributed by atoms with Crippen LogP contribution in [-0.4, -0.2) is 22.6 Å². The highest BCUT2D eigenvalue weighted by Gasteiger charge is 2.24. The normalized spacial score (nSPS) is 16.0. The average Bonchev–Trinajstić information content (AvgIpc) is 3.08. The van der Waals surface area contributed by atoms with Gasteiger partial charge in [0.15, 0.2) is 0 Å². The number of benzene rings is 1. The first kappa shape index (κ1) is 19.8. The predicted molar refractivity (Wildman–Crippen MR) is 116 cm³/mol. The van der Waals surface area contributed by atoms with Gasteiger partial charge in [0.1, 0.15) is 10.7 Å². The fraction of sp³-hybridized carbons (Fsp3) is 0.435. The molecule has 0 N–H and O–H groups in total. The number of hydrogen-bond acceptors (Lipinski definition) is 5. The van der Waals surface area contributed by atoms with Crippen molar-refractivity contribution in [3.63, 3.8) is 0 Å². The molecule has 1 atom stereocenters. The summed E-state index contributed by atoms with van der Waals surface area (Å²) in [5, 5.41) is 0.798. The number of esters is 1. The summed E-state index contributed by atoms with van der Waals surface area (Å²) in [6, 6.07) is 10.1. The minimum absolute atomic E-state index is 0.0397. The zero-order chi connectivity index (χ0) is 20.4.